The van der Waals surface area contributed by atoms with E-state index in [0.717, 1.165) is 13.2 Å². The lowest BCUT2D eigenvalue weighted by molar-refractivity contribution is 0.0688. The standard InChI is InChI=1S/C9H19NO2/c1-8(5-11)6-12-7-9-3-2-4-10-9/h8-11H,2-7H2,1H3. The normalized spacial score (nSPS) is 26.0. The molecule has 1 aliphatic heterocycles. The molecule has 1 heterocycles. The molecule has 3 nitrogen and oxygen atoms in total. The molecular formula is C9H19NO2. The first-order valence-electron chi connectivity index (χ1n) is 4.75. The Morgan fingerprint density at radius 3 is 3.08 bits per heavy atom. The van der Waals surface area contributed by atoms with Crippen molar-refractivity contribution in [2.24, 2.45) is 5.92 Å². The van der Waals surface area contributed by atoms with Crippen molar-refractivity contribution in [3.05, 3.63) is 0 Å². The second kappa shape index (κ2) is 5.51. The fourth-order valence-electron chi connectivity index (χ4n) is 1.36. The average Bonchev–Trinajstić information content (AvgIpc) is 2.57. The van der Waals surface area contributed by atoms with Crippen LogP contribution in [-0.4, -0.2) is 37.5 Å². The molecule has 0 bridgehead atoms. The van der Waals surface area contributed by atoms with Gasteiger partial charge in [-0.3, -0.25) is 0 Å². The lowest BCUT2D eigenvalue weighted by Gasteiger charge is -2.13. The number of ether oxygens (including phenoxy) is 1. The van der Waals surface area contributed by atoms with Crippen LogP contribution in [0.2, 0.25) is 0 Å². The molecule has 0 radical (unpaired) electrons. The molecule has 3 heteroatoms. The molecule has 0 aliphatic carbocycles. The maximum absolute atomic E-state index is 8.73. The summed E-state index contributed by atoms with van der Waals surface area (Å²) >= 11 is 0. The van der Waals surface area contributed by atoms with Gasteiger partial charge in [-0.1, -0.05) is 6.92 Å². The van der Waals surface area contributed by atoms with Crippen LogP contribution in [0.3, 0.4) is 0 Å². The molecule has 0 aromatic carbocycles. The third-order valence-corrected chi connectivity index (χ3v) is 2.20. The molecule has 1 fully saturated rings. The van der Waals surface area contributed by atoms with E-state index in [2.05, 4.69) is 5.32 Å². The number of rotatable bonds is 5. The Hall–Kier alpha value is -0.120. The van der Waals surface area contributed by atoms with Gasteiger partial charge < -0.3 is 15.2 Å². The summed E-state index contributed by atoms with van der Waals surface area (Å²) in [5.74, 6) is 0.270. The number of hydrogen-bond donors (Lipinski definition) is 2. The van der Waals surface area contributed by atoms with Gasteiger partial charge in [0.05, 0.1) is 13.2 Å². The molecule has 0 aromatic rings. The molecule has 12 heavy (non-hydrogen) atoms. The van der Waals surface area contributed by atoms with Gasteiger partial charge in [0, 0.05) is 18.6 Å². The first-order chi connectivity index (χ1) is 5.83. The van der Waals surface area contributed by atoms with Crippen molar-refractivity contribution in [1.82, 2.24) is 5.32 Å². The zero-order valence-corrected chi connectivity index (χ0v) is 7.75. The molecule has 2 N–H and O–H groups in total. The lowest BCUT2D eigenvalue weighted by Crippen LogP contribution is -2.27. The van der Waals surface area contributed by atoms with Crippen molar-refractivity contribution < 1.29 is 9.84 Å². The maximum atomic E-state index is 8.73. The summed E-state index contributed by atoms with van der Waals surface area (Å²) in [6.07, 6.45) is 2.50. The summed E-state index contributed by atoms with van der Waals surface area (Å²) in [4.78, 5) is 0. The average molecular weight is 173 g/mol. The van der Waals surface area contributed by atoms with Gasteiger partial charge in [0.15, 0.2) is 0 Å². The number of aliphatic hydroxyl groups excluding tert-OH is 1. The Balaban J connectivity index is 1.94. The fourth-order valence-corrected chi connectivity index (χ4v) is 1.36. The van der Waals surface area contributed by atoms with E-state index in [0.29, 0.717) is 12.6 Å². The highest BCUT2D eigenvalue weighted by Gasteiger charge is 2.13. The first-order valence-corrected chi connectivity index (χ1v) is 4.75. The quantitative estimate of drug-likeness (QED) is 0.631. The number of nitrogens with one attached hydrogen (secondary N) is 1. The van der Waals surface area contributed by atoms with Gasteiger partial charge in [-0.25, -0.2) is 0 Å². The monoisotopic (exact) mass is 173 g/mol. The number of hydrogen-bond acceptors (Lipinski definition) is 3. The van der Waals surface area contributed by atoms with Crippen LogP contribution in [0.4, 0.5) is 0 Å². The van der Waals surface area contributed by atoms with Crippen LogP contribution in [-0.2, 0) is 4.74 Å². The van der Waals surface area contributed by atoms with E-state index < -0.39 is 0 Å². The summed E-state index contributed by atoms with van der Waals surface area (Å²) in [7, 11) is 0. The van der Waals surface area contributed by atoms with Crippen molar-refractivity contribution in [3.63, 3.8) is 0 Å². The molecular weight excluding hydrogens is 154 g/mol. The second-order valence-electron chi connectivity index (χ2n) is 3.62. The smallest absolute Gasteiger partial charge is 0.0619 e. The Morgan fingerprint density at radius 2 is 2.50 bits per heavy atom. The van der Waals surface area contributed by atoms with Crippen LogP contribution in [0.25, 0.3) is 0 Å². The predicted molar refractivity (Wildman–Crippen MR) is 48.1 cm³/mol. The van der Waals surface area contributed by atoms with Crippen LogP contribution in [0, 0.1) is 5.92 Å². The molecule has 0 aromatic heterocycles. The minimum absolute atomic E-state index is 0.220. The molecule has 1 aliphatic rings. The van der Waals surface area contributed by atoms with Gasteiger partial charge >= 0.3 is 0 Å². The number of aliphatic hydroxyl groups is 1. The Morgan fingerprint density at radius 1 is 1.67 bits per heavy atom. The SMILES string of the molecule is CC(CO)COCC1CCCN1. The van der Waals surface area contributed by atoms with Gasteiger partial charge in [-0.05, 0) is 19.4 Å². The Labute approximate surface area is 74.1 Å². The van der Waals surface area contributed by atoms with Gasteiger partial charge in [0.1, 0.15) is 0 Å². The van der Waals surface area contributed by atoms with E-state index in [9.17, 15) is 0 Å². The van der Waals surface area contributed by atoms with Gasteiger partial charge in [0.25, 0.3) is 0 Å². The topological polar surface area (TPSA) is 41.5 Å². The van der Waals surface area contributed by atoms with E-state index in [1.165, 1.54) is 12.8 Å². The summed E-state index contributed by atoms with van der Waals surface area (Å²) in [5.41, 5.74) is 0. The second-order valence-corrected chi connectivity index (χ2v) is 3.62. The molecule has 2 unspecified atom stereocenters. The highest BCUT2D eigenvalue weighted by Crippen LogP contribution is 2.05. The zero-order valence-electron chi connectivity index (χ0n) is 7.75. The minimum Gasteiger partial charge on any atom is -0.396 e. The summed E-state index contributed by atoms with van der Waals surface area (Å²) in [6.45, 7) is 4.81. The van der Waals surface area contributed by atoms with E-state index in [1.807, 2.05) is 6.92 Å². The van der Waals surface area contributed by atoms with Crippen molar-refractivity contribution in [3.8, 4) is 0 Å². The van der Waals surface area contributed by atoms with E-state index >= 15 is 0 Å². The van der Waals surface area contributed by atoms with Crippen LogP contribution in [0.5, 0.6) is 0 Å². The molecule has 0 saturated carbocycles. The van der Waals surface area contributed by atoms with Gasteiger partial charge in [-0.15, -0.1) is 0 Å². The highest BCUT2D eigenvalue weighted by molar-refractivity contribution is 4.73. The summed E-state index contributed by atoms with van der Waals surface area (Å²) in [6, 6.07) is 0.552. The Bertz CT molecular complexity index is 113. The van der Waals surface area contributed by atoms with Crippen LogP contribution >= 0.6 is 0 Å². The van der Waals surface area contributed by atoms with Crippen LogP contribution < -0.4 is 5.32 Å². The van der Waals surface area contributed by atoms with E-state index in [-0.39, 0.29) is 12.5 Å². The van der Waals surface area contributed by atoms with Crippen LogP contribution in [0.15, 0.2) is 0 Å². The largest absolute Gasteiger partial charge is 0.396 e. The molecule has 0 amide bonds. The van der Waals surface area contributed by atoms with Crippen molar-refractivity contribution in [2.75, 3.05) is 26.4 Å². The van der Waals surface area contributed by atoms with Crippen molar-refractivity contribution in [2.45, 2.75) is 25.8 Å². The first kappa shape index (κ1) is 9.96. The predicted octanol–water partition coefficient (Wildman–Crippen LogP) is 0.383. The van der Waals surface area contributed by atoms with Crippen LogP contribution in [0.1, 0.15) is 19.8 Å². The van der Waals surface area contributed by atoms with Crippen molar-refractivity contribution >= 4 is 0 Å². The van der Waals surface area contributed by atoms with Gasteiger partial charge in [0.2, 0.25) is 0 Å². The molecule has 1 saturated heterocycles. The maximum Gasteiger partial charge on any atom is 0.0619 e. The summed E-state index contributed by atoms with van der Waals surface area (Å²) in [5, 5.41) is 12.1. The molecule has 0 spiro atoms. The zero-order chi connectivity index (χ0) is 8.81. The van der Waals surface area contributed by atoms with Crippen molar-refractivity contribution in [1.29, 1.82) is 0 Å². The highest BCUT2D eigenvalue weighted by atomic mass is 16.5. The van der Waals surface area contributed by atoms with Gasteiger partial charge in [-0.2, -0.15) is 0 Å². The molecule has 2 atom stereocenters. The van der Waals surface area contributed by atoms with E-state index in [4.69, 9.17) is 9.84 Å². The van der Waals surface area contributed by atoms with E-state index in [1.54, 1.807) is 0 Å². The minimum atomic E-state index is 0.220. The third kappa shape index (κ3) is 3.52. The molecule has 1 rings (SSSR count). The fraction of sp³-hybridized carbons (Fsp3) is 1.00. The summed E-state index contributed by atoms with van der Waals surface area (Å²) < 4.78 is 5.45. The third-order valence-electron chi connectivity index (χ3n) is 2.20. The Kier molecular flexibility index (Phi) is 4.58. The molecule has 72 valence electrons. The lowest BCUT2D eigenvalue weighted by atomic mass is 10.2.